The van der Waals surface area contributed by atoms with E-state index in [4.69, 9.17) is 9.31 Å². The number of benzene rings is 1. The Bertz CT molecular complexity index is 550. The van der Waals surface area contributed by atoms with Gasteiger partial charge in [-0.05, 0) is 75.7 Å². The summed E-state index contributed by atoms with van der Waals surface area (Å²) >= 11 is 0. The Kier molecular flexibility index (Phi) is 3.10. The fourth-order valence-corrected chi connectivity index (χ4v) is 4.31. The molecule has 0 aromatic heterocycles. The van der Waals surface area contributed by atoms with Gasteiger partial charge < -0.3 is 9.31 Å². The maximum absolute atomic E-state index is 6.14. The molecule has 1 heterocycles. The van der Waals surface area contributed by atoms with Gasteiger partial charge in [0.05, 0.1) is 11.2 Å². The van der Waals surface area contributed by atoms with Crippen LogP contribution in [-0.4, -0.2) is 18.3 Å². The lowest BCUT2D eigenvalue weighted by Crippen LogP contribution is -2.44. The van der Waals surface area contributed by atoms with E-state index in [1.54, 1.807) is 0 Å². The van der Waals surface area contributed by atoms with Crippen LogP contribution >= 0.6 is 0 Å². The summed E-state index contributed by atoms with van der Waals surface area (Å²) in [6.07, 6.45) is 7.13. The van der Waals surface area contributed by atoms with Gasteiger partial charge in [0, 0.05) is 0 Å². The molecule has 3 aliphatic rings. The van der Waals surface area contributed by atoms with Gasteiger partial charge in [0.2, 0.25) is 0 Å². The van der Waals surface area contributed by atoms with Crippen LogP contribution in [-0.2, 0) is 9.31 Å². The third-order valence-corrected chi connectivity index (χ3v) is 6.88. The second-order valence-electron chi connectivity index (χ2n) is 8.56. The van der Waals surface area contributed by atoms with Crippen LogP contribution in [0.4, 0.5) is 0 Å². The molecule has 3 heteroatoms. The molecular formula is C19H27BO2. The zero-order valence-electron chi connectivity index (χ0n) is 14.3. The van der Waals surface area contributed by atoms with Crippen LogP contribution in [0.3, 0.4) is 0 Å². The minimum atomic E-state index is -0.264. The van der Waals surface area contributed by atoms with Crippen LogP contribution in [0.25, 0.3) is 0 Å². The van der Waals surface area contributed by atoms with Crippen LogP contribution in [0.2, 0.25) is 0 Å². The molecule has 1 atom stereocenters. The monoisotopic (exact) mass is 298 g/mol. The van der Waals surface area contributed by atoms with E-state index in [2.05, 4.69) is 52.0 Å². The van der Waals surface area contributed by atoms with E-state index >= 15 is 0 Å². The Balaban J connectivity index is 1.51. The zero-order valence-corrected chi connectivity index (χ0v) is 14.3. The fourth-order valence-electron chi connectivity index (χ4n) is 4.31. The highest BCUT2D eigenvalue weighted by Crippen LogP contribution is 2.63. The van der Waals surface area contributed by atoms with Crippen molar-refractivity contribution in [3.8, 4) is 0 Å². The smallest absolute Gasteiger partial charge is 0.399 e. The Morgan fingerprint density at radius 3 is 1.91 bits per heavy atom. The molecule has 0 bridgehead atoms. The predicted molar refractivity (Wildman–Crippen MR) is 90.4 cm³/mol. The molecule has 22 heavy (non-hydrogen) atoms. The SMILES string of the molecule is CC1(C)OB(c2ccc(C3CCC34CCC4)cc2)OC1(C)C. The lowest BCUT2D eigenvalue weighted by Gasteiger charge is -2.56. The van der Waals surface area contributed by atoms with Crippen molar-refractivity contribution < 1.29 is 9.31 Å². The van der Waals surface area contributed by atoms with Crippen LogP contribution in [0.15, 0.2) is 24.3 Å². The van der Waals surface area contributed by atoms with E-state index in [1.807, 2.05) is 0 Å². The Labute approximate surface area is 134 Å². The summed E-state index contributed by atoms with van der Waals surface area (Å²) in [5.41, 5.74) is 2.81. The molecule has 0 radical (unpaired) electrons. The number of hydrogen-bond acceptors (Lipinski definition) is 2. The van der Waals surface area contributed by atoms with Gasteiger partial charge >= 0.3 is 7.12 Å². The second-order valence-corrected chi connectivity index (χ2v) is 8.56. The van der Waals surface area contributed by atoms with Crippen molar-refractivity contribution in [3.63, 3.8) is 0 Å². The quantitative estimate of drug-likeness (QED) is 0.767. The van der Waals surface area contributed by atoms with Crippen molar-refractivity contribution >= 4 is 12.6 Å². The number of hydrogen-bond donors (Lipinski definition) is 0. The molecule has 1 saturated heterocycles. The molecule has 1 aromatic rings. The van der Waals surface area contributed by atoms with Gasteiger partial charge in [-0.2, -0.15) is 0 Å². The Hall–Kier alpha value is -0.795. The topological polar surface area (TPSA) is 18.5 Å². The van der Waals surface area contributed by atoms with Gasteiger partial charge in [-0.15, -0.1) is 0 Å². The van der Waals surface area contributed by atoms with Gasteiger partial charge in [0.15, 0.2) is 0 Å². The van der Waals surface area contributed by atoms with Crippen molar-refractivity contribution in [2.45, 2.75) is 76.9 Å². The molecule has 4 rings (SSSR count). The zero-order chi connectivity index (χ0) is 15.6. The average molecular weight is 298 g/mol. The van der Waals surface area contributed by atoms with Gasteiger partial charge in [0.1, 0.15) is 0 Å². The van der Waals surface area contributed by atoms with E-state index in [1.165, 1.54) is 37.7 Å². The van der Waals surface area contributed by atoms with Crippen molar-refractivity contribution in [1.29, 1.82) is 0 Å². The van der Waals surface area contributed by atoms with E-state index in [9.17, 15) is 0 Å². The van der Waals surface area contributed by atoms with E-state index in [0.717, 1.165) is 11.4 Å². The van der Waals surface area contributed by atoms with Crippen molar-refractivity contribution in [3.05, 3.63) is 29.8 Å². The minimum Gasteiger partial charge on any atom is -0.399 e. The Morgan fingerprint density at radius 1 is 0.909 bits per heavy atom. The lowest BCUT2D eigenvalue weighted by molar-refractivity contribution is -0.00196. The second kappa shape index (κ2) is 4.61. The third-order valence-electron chi connectivity index (χ3n) is 6.88. The van der Waals surface area contributed by atoms with Gasteiger partial charge in [0.25, 0.3) is 0 Å². The van der Waals surface area contributed by atoms with Crippen molar-refractivity contribution in [2.75, 3.05) is 0 Å². The first kappa shape index (κ1) is 14.8. The molecule has 0 N–H and O–H groups in total. The summed E-state index contributed by atoms with van der Waals surface area (Å²) in [4.78, 5) is 0. The molecule has 118 valence electrons. The maximum Gasteiger partial charge on any atom is 0.494 e. The summed E-state index contributed by atoms with van der Waals surface area (Å²) < 4.78 is 12.3. The lowest BCUT2D eigenvalue weighted by atomic mass is 9.48. The number of rotatable bonds is 2. The highest BCUT2D eigenvalue weighted by Gasteiger charge is 2.52. The summed E-state index contributed by atoms with van der Waals surface area (Å²) in [5, 5.41) is 0. The molecule has 3 fully saturated rings. The highest BCUT2D eigenvalue weighted by molar-refractivity contribution is 6.62. The predicted octanol–water partition coefficient (Wildman–Crippen LogP) is 4.03. The molecular weight excluding hydrogens is 271 g/mol. The van der Waals surface area contributed by atoms with Crippen molar-refractivity contribution in [1.82, 2.24) is 0 Å². The molecule has 2 nitrogen and oxygen atoms in total. The van der Waals surface area contributed by atoms with Gasteiger partial charge in [-0.1, -0.05) is 30.7 Å². The van der Waals surface area contributed by atoms with Crippen LogP contribution < -0.4 is 5.46 Å². The molecule has 2 aliphatic carbocycles. The van der Waals surface area contributed by atoms with Crippen molar-refractivity contribution in [2.24, 2.45) is 5.41 Å². The normalized spacial score (nSPS) is 30.9. The van der Waals surface area contributed by atoms with E-state index in [0.29, 0.717) is 5.41 Å². The first-order valence-electron chi connectivity index (χ1n) is 8.79. The molecule has 1 aliphatic heterocycles. The van der Waals surface area contributed by atoms with E-state index < -0.39 is 0 Å². The summed E-state index contributed by atoms with van der Waals surface area (Å²) in [5.74, 6) is 0.800. The average Bonchev–Trinajstić information content (AvgIpc) is 2.56. The largest absolute Gasteiger partial charge is 0.494 e. The molecule has 1 unspecified atom stereocenters. The highest BCUT2D eigenvalue weighted by atomic mass is 16.7. The van der Waals surface area contributed by atoms with E-state index in [-0.39, 0.29) is 18.3 Å². The minimum absolute atomic E-state index is 0.238. The molecule has 1 aromatic carbocycles. The fraction of sp³-hybridized carbons (Fsp3) is 0.684. The van der Waals surface area contributed by atoms with Crippen LogP contribution in [0.1, 0.15) is 71.3 Å². The first-order valence-corrected chi connectivity index (χ1v) is 8.79. The summed E-state index contributed by atoms with van der Waals surface area (Å²) in [6, 6.07) is 9.04. The molecule has 1 spiro atoms. The van der Waals surface area contributed by atoms with Crippen LogP contribution in [0.5, 0.6) is 0 Å². The summed E-state index contributed by atoms with van der Waals surface area (Å²) in [7, 11) is -0.238. The Morgan fingerprint density at radius 2 is 1.50 bits per heavy atom. The summed E-state index contributed by atoms with van der Waals surface area (Å²) in [6.45, 7) is 8.43. The standard InChI is InChI=1S/C19H27BO2/c1-17(2)18(3,4)22-20(21-17)15-8-6-14(7-9-15)16-10-13-19(16)11-5-12-19/h6-9,16H,5,10-13H2,1-4H3. The first-order chi connectivity index (χ1) is 10.3. The van der Waals surface area contributed by atoms with Gasteiger partial charge in [-0.25, -0.2) is 0 Å². The van der Waals surface area contributed by atoms with Gasteiger partial charge in [-0.3, -0.25) is 0 Å². The van der Waals surface area contributed by atoms with Crippen LogP contribution in [0, 0.1) is 5.41 Å². The molecule has 2 saturated carbocycles. The maximum atomic E-state index is 6.14. The third kappa shape index (κ3) is 2.01. The molecule has 0 amide bonds.